The third kappa shape index (κ3) is 5.47. The topological polar surface area (TPSA) is 99.8 Å². The fraction of sp³-hybridized carbons (Fsp3) is 0.323. The maximum Gasteiger partial charge on any atom is 0.260 e. The molecule has 4 heterocycles. The van der Waals surface area contributed by atoms with Crippen LogP contribution in [-0.2, 0) is 6.54 Å². The molecule has 0 spiro atoms. The zero-order valence-corrected chi connectivity index (χ0v) is 24.5. The molecule has 2 aromatic carbocycles. The molecule has 0 unspecified atom stereocenters. The number of fused-ring (bicyclic) bond motifs is 1. The smallest absolute Gasteiger partial charge is 0.260 e. The third-order valence-electron chi connectivity index (χ3n) is 7.48. The molecule has 2 N–H and O–H groups in total. The minimum Gasteiger partial charge on any atom is -0.368 e. The number of pyridine rings is 1. The number of nitrogens with one attached hydrogen (secondary N) is 2. The number of aliphatic imine (C=N–C) groups is 2. The molecule has 0 saturated carbocycles. The lowest BCUT2D eigenvalue weighted by molar-refractivity contribution is 0.353. The summed E-state index contributed by atoms with van der Waals surface area (Å²) in [4.78, 5) is 34.2. The Labute approximate surface area is 244 Å². The molecule has 1 saturated heterocycles. The van der Waals surface area contributed by atoms with E-state index in [9.17, 15) is 4.79 Å². The Hall–Kier alpha value is -4.08. The normalized spacial score (nSPS) is 16.6. The Bertz CT molecular complexity index is 1760. The Morgan fingerprint density at radius 3 is 2.59 bits per heavy atom. The minimum absolute atomic E-state index is 0.0802. The van der Waals surface area contributed by atoms with Gasteiger partial charge < -0.3 is 15.5 Å². The molecule has 210 valence electrons. The van der Waals surface area contributed by atoms with Gasteiger partial charge in [-0.05, 0) is 64.1 Å². The molecule has 10 heteroatoms. The second-order valence-electron chi connectivity index (χ2n) is 11.2. The fourth-order valence-corrected chi connectivity index (χ4v) is 5.70. The van der Waals surface area contributed by atoms with E-state index in [1.54, 1.807) is 10.8 Å². The molecule has 2 aliphatic heterocycles. The van der Waals surface area contributed by atoms with E-state index < -0.39 is 0 Å². The van der Waals surface area contributed by atoms with Crippen LogP contribution in [0.5, 0.6) is 0 Å². The highest BCUT2D eigenvalue weighted by Gasteiger charge is 2.25. The lowest BCUT2D eigenvalue weighted by atomic mass is 10.0. The molecule has 41 heavy (non-hydrogen) atoms. The van der Waals surface area contributed by atoms with Crippen molar-refractivity contribution in [1.82, 2.24) is 19.9 Å². The number of rotatable bonds is 6. The number of anilines is 3. The molecule has 2 aliphatic rings. The van der Waals surface area contributed by atoms with Gasteiger partial charge in [-0.2, -0.15) is 4.98 Å². The zero-order valence-electron chi connectivity index (χ0n) is 23.7. The van der Waals surface area contributed by atoms with E-state index in [-0.39, 0.29) is 11.1 Å². The zero-order chi connectivity index (χ0) is 28.7. The summed E-state index contributed by atoms with van der Waals surface area (Å²) in [7, 11) is 0. The van der Waals surface area contributed by atoms with Crippen LogP contribution in [0.4, 0.5) is 17.3 Å². The highest BCUT2D eigenvalue weighted by Crippen LogP contribution is 2.30. The summed E-state index contributed by atoms with van der Waals surface area (Å²) in [5, 5.41) is 8.07. The van der Waals surface area contributed by atoms with Gasteiger partial charge >= 0.3 is 0 Å². The van der Waals surface area contributed by atoms with Gasteiger partial charge in [-0.1, -0.05) is 23.7 Å². The van der Waals surface area contributed by atoms with Crippen LogP contribution in [0.25, 0.3) is 22.2 Å². The summed E-state index contributed by atoms with van der Waals surface area (Å²) in [6, 6.07) is 15.7. The maximum atomic E-state index is 13.6. The maximum absolute atomic E-state index is 13.6. The van der Waals surface area contributed by atoms with Gasteiger partial charge in [0.1, 0.15) is 5.65 Å². The van der Waals surface area contributed by atoms with Gasteiger partial charge in [0.05, 0.1) is 6.54 Å². The molecule has 0 amide bonds. The van der Waals surface area contributed by atoms with Crippen LogP contribution in [0.1, 0.15) is 33.3 Å². The average Bonchev–Trinajstić information content (AvgIpc) is 3.39. The number of halogens is 1. The van der Waals surface area contributed by atoms with Crippen molar-refractivity contribution in [2.45, 2.75) is 39.8 Å². The van der Waals surface area contributed by atoms with E-state index in [1.165, 1.54) is 5.69 Å². The Morgan fingerprint density at radius 1 is 1.10 bits per heavy atom. The summed E-state index contributed by atoms with van der Waals surface area (Å²) in [5.74, 6) is 1.09. The number of aromatic nitrogens is 3. The summed E-state index contributed by atoms with van der Waals surface area (Å²) in [5.41, 5.74) is 5.49. The second kappa shape index (κ2) is 10.7. The number of amidine groups is 1. The van der Waals surface area contributed by atoms with Gasteiger partial charge in [0.25, 0.3) is 5.56 Å². The Kier molecular flexibility index (Phi) is 7.09. The van der Waals surface area contributed by atoms with Crippen molar-refractivity contribution in [2.24, 2.45) is 9.98 Å². The lowest BCUT2D eigenvalue weighted by Crippen LogP contribution is -2.57. The number of piperazine rings is 1. The van der Waals surface area contributed by atoms with Crippen LogP contribution in [0, 0.1) is 0 Å². The van der Waals surface area contributed by atoms with Crippen molar-refractivity contribution in [3.05, 3.63) is 75.7 Å². The van der Waals surface area contributed by atoms with E-state index in [1.807, 2.05) is 50.2 Å². The Morgan fingerprint density at radius 2 is 1.90 bits per heavy atom. The summed E-state index contributed by atoms with van der Waals surface area (Å²) < 4.78 is 1.66. The molecule has 4 aromatic rings. The predicted molar refractivity (Wildman–Crippen MR) is 168 cm³/mol. The van der Waals surface area contributed by atoms with E-state index in [2.05, 4.69) is 56.5 Å². The van der Waals surface area contributed by atoms with E-state index in [4.69, 9.17) is 16.6 Å². The van der Waals surface area contributed by atoms with Crippen LogP contribution in [0.3, 0.4) is 0 Å². The highest BCUT2D eigenvalue weighted by molar-refractivity contribution is 6.34. The molecular formula is C31H33ClN8O. The SMILES string of the molecule is CCn1c(=O)c(-c2ccc(C3=NCC(C)=N3)cc2Cl)cc2cnc(Nc3ccc(N4CCNC(C)(C)C4)cc3)nc21. The molecule has 9 nitrogen and oxygen atoms in total. The standard InChI is InChI=1S/C31H33ClN8O/c1-5-40-28-21(14-25(29(40)41)24-11-6-20(15-26(24)32)27-33-16-19(2)36-27)17-34-30(38-28)37-22-7-9-23(10-8-22)39-13-12-35-31(3,4)18-39/h6-11,14-15,17,35H,5,12-13,16,18H2,1-4H3,(H,34,37,38). The first-order chi connectivity index (χ1) is 19.7. The molecule has 1 fully saturated rings. The number of hydrogen-bond donors (Lipinski definition) is 2. The molecule has 0 atom stereocenters. The van der Waals surface area contributed by atoms with Crippen molar-refractivity contribution < 1.29 is 0 Å². The van der Waals surface area contributed by atoms with Gasteiger partial charge in [-0.25, -0.2) is 9.98 Å². The van der Waals surface area contributed by atoms with Gasteiger partial charge in [0.15, 0.2) is 5.84 Å². The van der Waals surface area contributed by atoms with Crippen LogP contribution in [0.2, 0.25) is 5.02 Å². The molecule has 0 radical (unpaired) electrons. The van der Waals surface area contributed by atoms with Gasteiger partial charge in [0.2, 0.25) is 5.95 Å². The van der Waals surface area contributed by atoms with Crippen LogP contribution in [0.15, 0.2) is 69.5 Å². The number of hydrogen-bond acceptors (Lipinski definition) is 8. The Balaban J connectivity index is 1.28. The van der Waals surface area contributed by atoms with Crippen molar-refractivity contribution in [3.63, 3.8) is 0 Å². The van der Waals surface area contributed by atoms with Crippen molar-refractivity contribution in [2.75, 3.05) is 36.4 Å². The minimum atomic E-state index is -0.158. The molecular weight excluding hydrogens is 536 g/mol. The summed E-state index contributed by atoms with van der Waals surface area (Å²) in [6.45, 7) is 12.2. The van der Waals surface area contributed by atoms with Gasteiger partial charge in [-0.3, -0.25) is 14.4 Å². The molecule has 0 aliphatic carbocycles. The predicted octanol–water partition coefficient (Wildman–Crippen LogP) is 5.28. The first-order valence-electron chi connectivity index (χ1n) is 13.9. The van der Waals surface area contributed by atoms with Crippen LogP contribution >= 0.6 is 11.6 Å². The molecule has 0 bridgehead atoms. The first-order valence-corrected chi connectivity index (χ1v) is 14.2. The van der Waals surface area contributed by atoms with Crippen molar-refractivity contribution in [3.8, 4) is 11.1 Å². The first kappa shape index (κ1) is 27.1. The van der Waals surface area contributed by atoms with Crippen molar-refractivity contribution in [1.29, 1.82) is 0 Å². The second-order valence-corrected chi connectivity index (χ2v) is 11.6. The monoisotopic (exact) mass is 568 g/mol. The fourth-order valence-electron chi connectivity index (χ4n) is 5.42. The van der Waals surface area contributed by atoms with Crippen LogP contribution < -0.4 is 21.1 Å². The summed E-state index contributed by atoms with van der Waals surface area (Å²) in [6.07, 6.45) is 1.74. The third-order valence-corrected chi connectivity index (χ3v) is 7.79. The number of benzene rings is 2. The van der Waals surface area contributed by atoms with Crippen molar-refractivity contribution >= 4 is 51.5 Å². The largest absolute Gasteiger partial charge is 0.368 e. The number of nitrogens with zero attached hydrogens (tertiary/aromatic N) is 6. The van der Waals surface area contributed by atoms with E-state index in [0.717, 1.165) is 42.0 Å². The molecule has 2 aromatic heterocycles. The quantitative estimate of drug-likeness (QED) is 0.328. The van der Waals surface area contributed by atoms with E-state index >= 15 is 0 Å². The van der Waals surface area contributed by atoms with Crippen LogP contribution in [-0.4, -0.2) is 57.8 Å². The van der Waals surface area contributed by atoms with Gasteiger partial charge in [-0.15, -0.1) is 0 Å². The lowest BCUT2D eigenvalue weighted by Gasteiger charge is -2.40. The highest BCUT2D eigenvalue weighted by atomic mass is 35.5. The number of aryl methyl sites for hydroxylation is 1. The van der Waals surface area contributed by atoms with Gasteiger partial charge in [0, 0.05) is 82.1 Å². The molecule has 6 rings (SSSR count). The van der Waals surface area contributed by atoms with E-state index in [0.29, 0.717) is 46.7 Å². The summed E-state index contributed by atoms with van der Waals surface area (Å²) >= 11 is 6.69. The average molecular weight is 569 g/mol.